The van der Waals surface area contributed by atoms with E-state index in [0.29, 0.717) is 5.17 Å². The fourth-order valence-electron chi connectivity index (χ4n) is 0.764. The first-order chi connectivity index (χ1) is 5.13. The summed E-state index contributed by atoms with van der Waals surface area (Å²) < 4.78 is 0. The summed E-state index contributed by atoms with van der Waals surface area (Å²) >= 11 is 0. The lowest BCUT2D eigenvalue weighted by Gasteiger charge is -2.23. The van der Waals surface area contributed by atoms with Crippen molar-refractivity contribution in [3.63, 3.8) is 0 Å². The van der Waals surface area contributed by atoms with Crippen LogP contribution in [-0.4, -0.2) is 32.9 Å². The van der Waals surface area contributed by atoms with Crippen LogP contribution in [0.25, 0.3) is 0 Å². The van der Waals surface area contributed by atoms with Gasteiger partial charge in [-0.1, -0.05) is 0 Å². The Morgan fingerprint density at radius 3 is 2.73 bits per heavy atom. The molecule has 1 aliphatic rings. The predicted molar refractivity (Wildman–Crippen MR) is 36.6 cm³/mol. The summed E-state index contributed by atoms with van der Waals surface area (Å²) in [5, 5.41) is 30.8. The fraction of sp³-hybridized carbons (Fsp3) is 0.400. The van der Waals surface area contributed by atoms with Gasteiger partial charge in [0.05, 0.1) is 12.3 Å². The van der Waals surface area contributed by atoms with Gasteiger partial charge in [-0.25, -0.2) is 0 Å². The van der Waals surface area contributed by atoms with Gasteiger partial charge in [0.2, 0.25) is 0 Å². The normalized spacial score (nSPS) is 20.1. The van der Waals surface area contributed by atoms with Crippen LogP contribution in [0.1, 0.15) is 6.92 Å². The number of hydrogen-bond donors (Lipinski definition) is 4. The van der Waals surface area contributed by atoms with Crippen molar-refractivity contribution in [1.29, 1.82) is 0 Å². The molecule has 1 atom stereocenters. The van der Waals surface area contributed by atoms with E-state index >= 15 is 0 Å². The molecule has 6 nitrogen and oxygen atoms in total. The molecule has 11 heavy (non-hydrogen) atoms. The molecule has 1 unspecified atom stereocenters. The van der Waals surface area contributed by atoms with Gasteiger partial charge in [0.1, 0.15) is 5.70 Å². The van der Waals surface area contributed by atoms with E-state index in [0.717, 1.165) is 6.21 Å². The predicted octanol–water partition coefficient (Wildman–Crippen LogP) is -0.668. The summed E-state index contributed by atoms with van der Waals surface area (Å²) in [6.45, 7) is 1.41. The monoisotopic (exact) mass is 159 g/mol. The average molecular weight is 159 g/mol. The molecular weight excluding hydrogens is 150 g/mol. The molecule has 1 rings (SSSR count). The molecule has 0 fully saturated rings. The molecule has 0 bridgehead atoms. The standard InChI is InChI=1S/C5H9N3O3/c1-3(9)5-4(10)2-6-7-8(5)11/h2-3,7,9-11H,1H3. The summed E-state index contributed by atoms with van der Waals surface area (Å²) in [6, 6.07) is 0. The van der Waals surface area contributed by atoms with Crippen molar-refractivity contribution in [2.45, 2.75) is 13.0 Å². The second kappa shape index (κ2) is 2.77. The maximum atomic E-state index is 9.04. The van der Waals surface area contributed by atoms with Crippen LogP contribution in [0.3, 0.4) is 0 Å². The van der Waals surface area contributed by atoms with Crippen molar-refractivity contribution in [2.24, 2.45) is 5.10 Å². The van der Waals surface area contributed by atoms with Crippen molar-refractivity contribution in [3.8, 4) is 0 Å². The fourth-order valence-corrected chi connectivity index (χ4v) is 0.764. The van der Waals surface area contributed by atoms with Crippen LogP contribution < -0.4 is 5.53 Å². The lowest BCUT2D eigenvalue weighted by atomic mass is 10.2. The van der Waals surface area contributed by atoms with E-state index in [1.807, 2.05) is 0 Å². The lowest BCUT2D eigenvalue weighted by Crippen LogP contribution is -2.38. The minimum atomic E-state index is -0.959. The van der Waals surface area contributed by atoms with Crippen LogP contribution in [0.5, 0.6) is 0 Å². The van der Waals surface area contributed by atoms with Gasteiger partial charge in [0.25, 0.3) is 0 Å². The second-order valence-corrected chi connectivity index (χ2v) is 2.12. The molecular formula is C5H9N3O3. The van der Waals surface area contributed by atoms with Gasteiger partial charge in [-0.05, 0) is 6.92 Å². The van der Waals surface area contributed by atoms with Crippen LogP contribution in [0.4, 0.5) is 0 Å². The maximum absolute atomic E-state index is 9.04. The zero-order valence-corrected chi connectivity index (χ0v) is 5.89. The van der Waals surface area contributed by atoms with Crippen molar-refractivity contribution < 1.29 is 15.4 Å². The third-order valence-electron chi connectivity index (χ3n) is 1.23. The summed E-state index contributed by atoms with van der Waals surface area (Å²) in [7, 11) is 0. The van der Waals surface area contributed by atoms with Gasteiger partial charge in [-0.15, -0.1) is 5.17 Å². The molecule has 0 aromatic carbocycles. The largest absolute Gasteiger partial charge is 0.504 e. The Morgan fingerprint density at radius 2 is 2.36 bits per heavy atom. The van der Waals surface area contributed by atoms with Gasteiger partial charge in [-0.3, -0.25) is 5.21 Å². The molecule has 0 aliphatic carbocycles. The van der Waals surface area contributed by atoms with E-state index in [-0.39, 0.29) is 11.5 Å². The number of hydrazine groups is 1. The third kappa shape index (κ3) is 1.41. The number of nitrogens with one attached hydrogen (secondary N) is 1. The van der Waals surface area contributed by atoms with Gasteiger partial charge in [0.15, 0.2) is 5.76 Å². The summed E-state index contributed by atoms with van der Waals surface area (Å²) in [5.41, 5.74) is 2.10. The molecule has 0 saturated heterocycles. The van der Waals surface area contributed by atoms with Crippen molar-refractivity contribution in [2.75, 3.05) is 0 Å². The number of hydrogen-bond acceptors (Lipinski definition) is 6. The van der Waals surface area contributed by atoms with E-state index < -0.39 is 6.10 Å². The molecule has 0 saturated carbocycles. The Balaban J connectivity index is 2.91. The van der Waals surface area contributed by atoms with E-state index in [4.69, 9.17) is 15.4 Å². The van der Waals surface area contributed by atoms with Crippen LogP contribution in [0, 0.1) is 0 Å². The Labute approximate surface area is 63.0 Å². The lowest BCUT2D eigenvalue weighted by molar-refractivity contribution is -0.121. The first kappa shape index (κ1) is 7.83. The molecule has 0 spiro atoms. The molecule has 0 radical (unpaired) electrons. The second-order valence-electron chi connectivity index (χ2n) is 2.12. The zero-order chi connectivity index (χ0) is 8.43. The molecule has 0 aromatic rings. The maximum Gasteiger partial charge on any atom is 0.162 e. The smallest absolute Gasteiger partial charge is 0.162 e. The van der Waals surface area contributed by atoms with Gasteiger partial charge in [-0.2, -0.15) is 10.6 Å². The Morgan fingerprint density at radius 1 is 1.73 bits per heavy atom. The van der Waals surface area contributed by atoms with Gasteiger partial charge >= 0.3 is 0 Å². The number of rotatable bonds is 1. The molecule has 4 N–H and O–H groups in total. The highest BCUT2D eigenvalue weighted by Crippen LogP contribution is 2.10. The number of allylic oxidation sites excluding steroid dienone is 1. The average Bonchev–Trinajstić information content (AvgIpc) is 1.85. The number of aliphatic hydroxyl groups is 2. The third-order valence-corrected chi connectivity index (χ3v) is 1.23. The number of nitrogens with zero attached hydrogens (tertiary/aromatic N) is 2. The highest BCUT2D eigenvalue weighted by Gasteiger charge is 2.19. The molecule has 62 valence electrons. The first-order valence-corrected chi connectivity index (χ1v) is 3.02. The first-order valence-electron chi connectivity index (χ1n) is 3.02. The summed E-state index contributed by atoms with van der Waals surface area (Å²) in [5.74, 6) is -0.263. The Kier molecular flexibility index (Phi) is 1.97. The Hall–Kier alpha value is -1.27. The number of hydrazone groups is 1. The highest BCUT2D eigenvalue weighted by atomic mass is 16.6. The topological polar surface area (TPSA) is 88.3 Å². The van der Waals surface area contributed by atoms with E-state index in [9.17, 15) is 0 Å². The van der Waals surface area contributed by atoms with Gasteiger partial charge < -0.3 is 10.2 Å². The van der Waals surface area contributed by atoms with Crippen molar-refractivity contribution in [1.82, 2.24) is 10.7 Å². The molecule has 1 heterocycles. The molecule has 6 heteroatoms. The molecule has 0 amide bonds. The van der Waals surface area contributed by atoms with Crippen LogP contribution in [-0.2, 0) is 0 Å². The molecule has 0 aromatic heterocycles. The van der Waals surface area contributed by atoms with Crippen molar-refractivity contribution >= 4 is 6.21 Å². The summed E-state index contributed by atoms with van der Waals surface area (Å²) in [4.78, 5) is 0. The van der Waals surface area contributed by atoms with Crippen molar-refractivity contribution in [3.05, 3.63) is 11.5 Å². The number of aliphatic hydroxyl groups excluding tert-OH is 2. The SMILES string of the molecule is CC(O)C1=C(O)C=NNN1O. The number of hydroxylamine groups is 1. The quantitative estimate of drug-likeness (QED) is 0.407. The Bertz CT molecular complexity index is 211. The minimum absolute atomic E-state index is 0.0278. The minimum Gasteiger partial charge on any atom is -0.504 e. The van der Waals surface area contributed by atoms with Gasteiger partial charge in [0, 0.05) is 0 Å². The van der Waals surface area contributed by atoms with Crippen LogP contribution >= 0.6 is 0 Å². The van der Waals surface area contributed by atoms with Crippen LogP contribution in [0.2, 0.25) is 0 Å². The van der Waals surface area contributed by atoms with E-state index in [1.54, 1.807) is 0 Å². The van der Waals surface area contributed by atoms with Crippen LogP contribution in [0.15, 0.2) is 16.6 Å². The molecule has 1 aliphatic heterocycles. The summed E-state index contributed by atoms with van der Waals surface area (Å²) in [6.07, 6.45) is 0.133. The van der Waals surface area contributed by atoms with E-state index in [1.165, 1.54) is 6.92 Å². The zero-order valence-electron chi connectivity index (χ0n) is 5.89. The highest BCUT2D eigenvalue weighted by molar-refractivity contribution is 5.76. The van der Waals surface area contributed by atoms with E-state index in [2.05, 4.69) is 10.6 Å².